The summed E-state index contributed by atoms with van der Waals surface area (Å²) >= 11 is 0. The number of rotatable bonds is 3. The lowest BCUT2D eigenvalue weighted by Gasteiger charge is -2.46. The van der Waals surface area contributed by atoms with E-state index in [0.717, 1.165) is 12.8 Å². The van der Waals surface area contributed by atoms with Gasteiger partial charge in [-0.05, 0) is 40.0 Å². The summed E-state index contributed by atoms with van der Waals surface area (Å²) in [6.45, 7) is 12.5. The fourth-order valence-corrected chi connectivity index (χ4v) is 2.73. The zero-order valence-corrected chi connectivity index (χ0v) is 11.6. The fourth-order valence-electron chi connectivity index (χ4n) is 2.73. The van der Waals surface area contributed by atoms with Gasteiger partial charge in [-0.1, -0.05) is 20.3 Å². The van der Waals surface area contributed by atoms with Crippen molar-refractivity contribution in [3.8, 4) is 0 Å². The zero-order chi connectivity index (χ0) is 12.6. The zero-order valence-electron chi connectivity index (χ0n) is 11.6. The highest BCUT2D eigenvalue weighted by atomic mass is 16.5. The topological polar surface area (TPSA) is 26.3 Å². The first-order valence-corrected chi connectivity index (χ1v) is 6.41. The van der Waals surface area contributed by atoms with Gasteiger partial charge in [0.1, 0.15) is 5.78 Å². The first kappa shape index (κ1) is 13.7. The second-order valence-corrected chi connectivity index (χ2v) is 6.41. The maximum atomic E-state index is 12.2. The summed E-state index contributed by atoms with van der Waals surface area (Å²) in [5, 5.41) is 0. The van der Waals surface area contributed by atoms with Crippen molar-refractivity contribution in [3.63, 3.8) is 0 Å². The Balaban J connectivity index is 2.80. The third kappa shape index (κ3) is 3.07. The number of hydrogen-bond acceptors (Lipinski definition) is 2. The van der Waals surface area contributed by atoms with Gasteiger partial charge in [0, 0.05) is 12.3 Å². The molecule has 1 heterocycles. The monoisotopic (exact) mass is 226 g/mol. The van der Waals surface area contributed by atoms with Crippen molar-refractivity contribution < 1.29 is 9.53 Å². The van der Waals surface area contributed by atoms with Gasteiger partial charge >= 0.3 is 0 Å². The molecule has 0 N–H and O–H groups in total. The Bertz CT molecular complexity index is 266. The van der Waals surface area contributed by atoms with Gasteiger partial charge < -0.3 is 4.74 Å². The van der Waals surface area contributed by atoms with Gasteiger partial charge in [0.05, 0.1) is 11.2 Å². The Hall–Kier alpha value is -0.370. The number of Topliss-reactive ketones (excluding diaryl/α,β-unsaturated/α-hetero) is 1. The van der Waals surface area contributed by atoms with Crippen molar-refractivity contribution in [1.29, 1.82) is 0 Å². The van der Waals surface area contributed by atoms with Crippen LogP contribution in [-0.2, 0) is 9.53 Å². The Morgan fingerprint density at radius 1 is 1.38 bits per heavy atom. The van der Waals surface area contributed by atoms with E-state index >= 15 is 0 Å². The summed E-state index contributed by atoms with van der Waals surface area (Å²) < 4.78 is 6.07. The van der Waals surface area contributed by atoms with E-state index in [2.05, 4.69) is 27.7 Å². The lowest BCUT2D eigenvalue weighted by atomic mass is 9.74. The molecule has 2 nitrogen and oxygen atoms in total. The molecule has 1 aliphatic heterocycles. The minimum atomic E-state index is -0.317. The van der Waals surface area contributed by atoms with Gasteiger partial charge in [-0.15, -0.1) is 0 Å². The van der Waals surface area contributed by atoms with Crippen LogP contribution in [0.2, 0.25) is 0 Å². The summed E-state index contributed by atoms with van der Waals surface area (Å²) in [7, 11) is 0. The first-order valence-electron chi connectivity index (χ1n) is 6.41. The maximum absolute atomic E-state index is 12.2. The molecule has 2 heteroatoms. The molecular weight excluding hydrogens is 200 g/mol. The average molecular weight is 226 g/mol. The SMILES string of the molecule is CC[C@H](C)CC1C(=O)CC(C)(C)OC1(C)C. The molecule has 1 saturated heterocycles. The minimum absolute atomic E-state index is 0.0653. The number of carbonyl (C=O) groups excluding carboxylic acids is 1. The molecule has 1 rings (SSSR count). The van der Waals surface area contributed by atoms with Crippen LogP contribution in [0.5, 0.6) is 0 Å². The van der Waals surface area contributed by atoms with Crippen molar-refractivity contribution in [1.82, 2.24) is 0 Å². The van der Waals surface area contributed by atoms with E-state index in [1.165, 1.54) is 0 Å². The van der Waals surface area contributed by atoms with E-state index in [-0.39, 0.29) is 17.1 Å². The average Bonchev–Trinajstić information content (AvgIpc) is 2.08. The molecule has 0 spiro atoms. The number of hydrogen-bond donors (Lipinski definition) is 0. The smallest absolute Gasteiger partial charge is 0.141 e. The molecular formula is C14H26O2. The van der Waals surface area contributed by atoms with E-state index in [1.54, 1.807) is 0 Å². The van der Waals surface area contributed by atoms with Gasteiger partial charge in [-0.2, -0.15) is 0 Å². The lowest BCUT2D eigenvalue weighted by molar-refractivity contribution is -0.191. The third-order valence-electron chi connectivity index (χ3n) is 3.70. The van der Waals surface area contributed by atoms with Crippen LogP contribution in [0.1, 0.15) is 60.8 Å². The summed E-state index contributed by atoms with van der Waals surface area (Å²) in [4.78, 5) is 12.2. The van der Waals surface area contributed by atoms with Crippen LogP contribution in [0.25, 0.3) is 0 Å². The Morgan fingerprint density at radius 2 is 1.94 bits per heavy atom. The standard InChI is InChI=1S/C14H26O2/c1-7-10(2)8-11-12(15)9-13(3,4)16-14(11,5)6/h10-11H,7-9H2,1-6H3/t10-,11?/m0/s1. The van der Waals surface area contributed by atoms with E-state index in [9.17, 15) is 4.79 Å². The van der Waals surface area contributed by atoms with E-state index < -0.39 is 0 Å². The third-order valence-corrected chi connectivity index (χ3v) is 3.70. The van der Waals surface area contributed by atoms with Crippen LogP contribution in [0.4, 0.5) is 0 Å². The van der Waals surface area contributed by atoms with Crippen molar-refractivity contribution in [3.05, 3.63) is 0 Å². The Kier molecular flexibility index (Phi) is 3.83. The molecule has 94 valence electrons. The van der Waals surface area contributed by atoms with Gasteiger partial charge in [-0.25, -0.2) is 0 Å². The summed E-state index contributed by atoms with van der Waals surface area (Å²) in [6, 6.07) is 0. The predicted molar refractivity (Wildman–Crippen MR) is 66.4 cm³/mol. The second-order valence-electron chi connectivity index (χ2n) is 6.41. The molecule has 0 saturated carbocycles. The van der Waals surface area contributed by atoms with Crippen molar-refractivity contribution >= 4 is 5.78 Å². The predicted octanol–water partition coefficient (Wildman–Crippen LogP) is 3.59. The molecule has 16 heavy (non-hydrogen) atoms. The number of carbonyl (C=O) groups is 1. The summed E-state index contributed by atoms with van der Waals surface area (Å²) in [5.74, 6) is 1.04. The molecule has 1 aliphatic rings. The van der Waals surface area contributed by atoms with Crippen LogP contribution in [0, 0.1) is 11.8 Å². The summed E-state index contributed by atoms with van der Waals surface area (Å²) in [6.07, 6.45) is 2.64. The molecule has 1 fully saturated rings. The van der Waals surface area contributed by atoms with Crippen LogP contribution in [-0.4, -0.2) is 17.0 Å². The van der Waals surface area contributed by atoms with E-state index in [0.29, 0.717) is 18.1 Å². The van der Waals surface area contributed by atoms with Crippen molar-refractivity contribution in [2.75, 3.05) is 0 Å². The second kappa shape index (κ2) is 4.48. The Labute approximate surface area is 99.8 Å². The minimum Gasteiger partial charge on any atom is -0.368 e. The van der Waals surface area contributed by atoms with E-state index in [4.69, 9.17) is 4.74 Å². The van der Waals surface area contributed by atoms with Crippen LogP contribution < -0.4 is 0 Å². The number of ketones is 1. The molecule has 2 atom stereocenters. The molecule has 0 amide bonds. The van der Waals surface area contributed by atoms with E-state index in [1.807, 2.05) is 13.8 Å². The van der Waals surface area contributed by atoms with Crippen LogP contribution in [0.3, 0.4) is 0 Å². The quantitative estimate of drug-likeness (QED) is 0.735. The molecule has 0 aromatic carbocycles. The maximum Gasteiger partial charge on any atom is 0.141 e. The fraction of sp³-hybridized carbons (Fsp3) is 0.929. The van der Waals surface area contributed by atoms with Crippen molar-refractivity contribution in [2.45, 2.75) is 72.0 Å². The molecule has 0 bridgehead atoms. The highest BCUT2D eigenvalue weighted by Crippen LogP contribution is 2.40. The molecule has 0 aromatic rings. The van der Waals surface area contributed by atoms with Crippen LogP contribution in [0.15, 0.2) is 0 Å². The number of ether oxygens (including phenoxy) is 1. The van der Waals surface area contributed by atoms with Gasteiger partial charge in [-0.3, -0.25) is 4.79 Å². The molecule has 1 unspecified atom stereocenters. The normalized spacial score (nSPS) is 30.1. The van der Waals surface area contributed by atoms with Gasteiger partial charge in [0.15, 0.2) is 0 Å². The van der Waals surface area contributed by atoms with Gasteiger partial charge in [0.25, 0.3) is 0 Å². The molecule has 0 aliphatic carbocycles. The largest absolute Gasteiger partial charge is 0.368 e. The Morgan fingerprint density at radius 3 is 2.38 bits per heavy atom. The van der Waals surface area contributed by atoms with Crippen molar-refractivity contribution in [2.24, 2.45) is 11.8 Å². The lowest BCUT2D eigenvalue weighted by Crippen LogP contribution is -2.52. The van der Waals surface area contributed by atoms with Gasteiger partial charge in [0.2, 0.25) is 0 Å². The van der Waals surface area contributed by atoms with Crippen LogP contribution >= 0.6 is 0 Å². The molecule has 0 aromatic heterocycles. The highest BCUT2D eigenvalue weighted by molar-refractivity contribution is 5.83. The summed E-state index contributed by atoms with van der Waals surface area (Å²) in [5.41, 5.74) is -0.616. The first-order chi connectivity index (χ1) is 7.18. The highest BCUT2D eigenvalue weighted by Gasteiger charge is 2.46. The molecule has 0 radical (unpaired) electrons.